The number of amides is 4. The number of halogens is 1. The fraction of sp³-hybridized carbons (Fsp3) is 0.528. The van der Waals surface area contributed by atoms with Gasteiger partial charge in [-0.05, 0) is 98.1 Å². The summed E-state index contributed by atoms with van der Waals surface area (Å²) >= 11 is 0. The zero-order chi connectivity index (χ0) is 36.0. The zero-order valence-electron chi connectivity index (χ0n) is 28.5. The highest BCUT2D eigenvalue weighted by molar-refractivity contribution is 7.88. The molecule has 0 unspecified atom stereocenters. The first-order chi connectivity index (χ1) is 23.7. The Kier molecular flexibility index (Phi) is 9.88. The van der Waals surface area contributed by atoms with E-state index in [1.165, 1.54) is 36.9 Å². The van der Waals surface area contributed by atoms with Crippen LogP contribution < -0.4 is 9.79 Å². The normalized spacial score (nSPS) is 27.6. The highest BCUT2D eigenvalue weighted by atomic mass is 32.2. The molecule has 2 atom stereocenters. The number of nitrogens with one attached hydrogen (secondary N) is 1. The van der Waals surface area contributed by atoms with Crippen LogP contribution in [-0.2, 0) is 35.8 Å². The lowest BCUT2D eigenvalue weighted by atomic mass is 9.48. The van der Waals surface area contributed by atoms with E-state index in [0.29, 0.717) is 22.7 Å². The fourth-order valence-electron chi connectivity index (χ4n) is 9.43. The van der Waals surface area contributed by atoms with Crippen LogP contribution in [0.5, 0.6) is 0 Å². The molecule has 4 amide bonds. The molecule has 1 aliphatic heterocycles. The standard InChI is InChI=1S/C36H43FN4O8S/c1-4-39(35(46)49-38-50(3,47)48)33(44)30-16-32(43)27-10-6-8-12-29(27)40(21-26-9-5-7-11-28(26)37)34(45)31(41(30)22(2)42)20-36-17-23-13-24(18-36)15-25(14-23)19-36/h5-12,23-25,30-31,38H,4,13-21H2,1-3H3/t23?,24?,25?,30-,31+,36?/m0/s1. The van der Waals surface area contributed by atoms with E-state index in [-0.39, 0.29) is 41.7 Å². The number of fused-ring (bicyclic) bond motifs is 1. The van der Waals surface area contributed by atoms with Gasteiger partial charge in [-0.15, -0.1) is 0 Å². The van der Waals surface area contributed by atoms with E-state index in [0.717, 1.165) is 49.7 Å². The van der Waals surface area contributed by atoms with Crippen molar-refractivity contribution in [3.05, 3.63) is 65.5 Å². The summed E-state index contributed by atoms with van der Waals surface area (Å²) in [5.41, 5.74) is 0.233. The van der Waals surface area contributed by atoms with Crippen LogP contribution in [0.1, 0.15) is 81.1 Å². The second-order valence-corrected chi connectivity index (χ2v) is 16.3. The maximum atomic E-state index is 15.2. The molecule has 0 saturated heterocycles. The number of rotatable bonds is 8. The van der Waals surface area contributed by atoms with Crippen LogP contribution in [0.4, 0.5) is 14.9 Å². The van der Waals surface area contributed by atoms with Crippen molar-refractivity contribution in [2.24, 2.45) is 23.2 Å². The van der Waals surface area contributed by atoms with Crippen LogP contribution in [0.3, 0.4) is 0 Å². The van der Waals surface area contributed by atoms with Crippen molar-refractivity contribution in [2.45, 2.75) is 83.8 Å². The number of Topliss-reactive ketones (excluding diaryl/α,β-unsaturated/α-hetero) is 1. The molecule has 12 nitrogen and oxygen atoms in total. The van der Waals surface area contributed by atoms with E-state index in [2.05, 4.69) is 0 Å². The second-order valence-electron chi connectivity index (χ2n) is 14.5. The molecular formula is C36H43FN4O8S. The number of carbonyl (C=O) groups excluding carboxylic acids is 5. The third-order valence-electron chi connectivity index (χ3n) is 10.9. The number of likely N-dealkylation sites (N-methyl/N-ethyl adjacent to an activating group) is 1. The molecule has 1 N–H and O–H groups in total. The molecule has 0 aromatic heterocycles. The van der Waals surface area contributed by atoms with Gasteiger partial charge in [-0.25, -0.2) is 22.5 Å². The number of ketones is 1. The lowest BCUT2D eigenvalue weighted by molar-refractivity contribution is -0.152. The van der Waals surface area contributed by atoms with Crippen LogP contribution in [0, 0.1) is 29.0 Å². The number of para-hydroxylation sites is 1. The number of sulfonamides is 1. The predicted octanol–water partition coefficient (Wildman–Crippen LogP) is 4.59. The summed E-state index contributed by atoms with van der Waals surface area (Å²) in [5.74, 6) is -1.84. The van der Waals surface area contributed by atoms with Crippen LogP contribution >= 0.6 is 0 Å². The highest BCUT2D eigenvalue weighted by Gasteiger charge is 2.54. The van der Waals surface area contributed by atoms with Gasteiger partial charge in [0.1, 0.15) is 17.9 Å². The molecule has 0 radical (unpaired) electrons. The Morgan fingerprint density at radius 1 is 0.980 bits per heavy atom. The van der Waals surface area contributed by atoms with Gasteiger partial charge in [0.05, 0.1) is 18.5 Å². The summed E-state index contributed by atoms with van der Waals surface area (Å²) in [6.45, 7) is 2.15. The number of carbonyl (C=O) groups is 5. The Bertz CT molecular complexity index is 1780. The van der Waals surface area contributed by atoms with E-state index in [1.54, 1.807) is 35.2 Å². The molecule has 0 spiro atoms. The van der Waals surface area contributed by atoms with Crippen molar-refractivity contribution >= 4 is 45.3 Å². The van der Waals surface area contributed by atoms with Crippen molar-refractivity contribution in [2.75, 3.05) is 17.7 Å². The van der Waals surface area contributed by atoms with Crippen LogP contribution in [0.2, 0.25) is 0 Å². The maximum Gasteiger partial charge on any atom is 0.436 e. The number of nitrogens with zero attached hydrogens (tertiary/aromatic N) is 3. The molecule has 268 valence electrons. The molecule has 4 saturated carbocycles. The highest BCUT2D eigenvalue weighted by Crippen LogP contribution is 2.62. The molecular weight excluding hydrogens is 667 g/mol. The molecule has 2 aromatic carbocycles. The first-order valence-electron chi connectivity index (χ1n) is 17.1. The molecule has 4 aliphatic carbocycles. The van der Waals surface area contributed by atoms with Crippen molar-refractivity contribution in [1.82, 2.24) is 14.7 Å². The van der Waals surface area contributed by atoms with Gasteiger partial charge in [0.2, 0.25) is 21.8 Å². The number of hydrogen-bond acceptors (Lipinski definition) is 8. The molecule has 50 heavy (non-hydrogen) atoms. The molecule has 4 fully saturated rings. The van der Waals surface area contributed by atoms with Gasteiger partial charge < -0.3 is 14.6 Å². The zero-order valence-corrected chi connectivity index (χ0v) is 29.3. The molecule has 2 aromatic rings. The summed E-state index contributed by atoms with van der Waals surface area (Å²) in [7, 11) is -4.00. The minimum Gasteiger partial charge on any atom is -0.338 e. The average Bonchev–Trinajstić information content (AvgIpc) is 3.07. The van der Waals surface area contributed by atoms with E-state index in [1.807, 2.05) is 0 Å². The third kappa shape index (κ3) is 7.18. The maximum absolute atomic E-state index is 15.2. The van der Waals surface area contributed by atoms with Crippen molar-refractivity contribution in [3.63, 3.8) is 0 Å². The van der Waals surface area contributed by atoms with Gasteiger partial charge in [0, 0.05) is 31.0 Å². The topological polar surface area (TPSA) is 150 Å². The number of benzene rings is 2. The minimum atomic E-state index is -4.00. The monoisotopic (exact) mass is 710 g/mol. The van der Waals surface area contributed by atoms with E-state index in [4.69, 9.17) is 4.84 Å². The van der Waals surface area contributed by atoms with Crippen LogP contribution in [0.25, 0.3) is 0 Å². The average molecular weight is 711 g/mol. The molecule has 4 bridgehead atoms. The fourth-order valence-corrected chi connectivity index (χ4v) is 9.65. The smallest absolute Gasteiger partial charge is 0.338 e. The third-order valence-corrected chi connectivity index (χ3v) is 11.3. The van der Waals surface area contributed by atoms with Gasteiger partial charge in [-0.3, -0.25) is 19.2 Å². The summed E-state index contributed by atoms with van der Waals surface area (Å²) in [6, 6.07) is 9.55. The SMILES string of the molecule is CCN(C(=O)ONS(C)(=O)=O)C(=O)[C@@H]1CC(=O)c2ccccc2N(Cc2ccccc2F)C(=O)[C@@H](CC23CC4CC(CC(C4)C2)C3)N1C(C)=O. The van der Waals surface area contributed by atoms with Gasteiger partial charge in [0.25, 0.3) is 5.91 Å². The number of anilines is 1. The summed E-state index contributed by atoms with van der Waals surface area (Å²) in [6.07, 6.45) is 5.08. The Morgan fingerprint density at radius 3 is 2.16 bits per heavy atom. The van der Waals surface area contributed by atoms with Crippen molar-refractivity contribution in [3.8, 4) is 0 Å². The van der Waals surface area contributed by atoms with Gasteiger partial charge >= 0.3 is 6.09 Å². The van der Waals surface area contributed by atoms with Crippen LogP contribution in [-0.4, -0.2) is 72.7 Å². The number of imide groups is 1. The Hall–Kier alpha value is -4.17. The lowest BCUT2D eigenvalue weighted by Crippen LogP contribution is -2.61. The molecule has 14 heteroatoms. The largest absolute Gasteiger partial charge is 0.436 e. The van der Waals surface area contributed by atoms with E-state index in [9.17, 15) is 27.6 Å². The van der Waals surface area contributed by atoms with Crippen molar-refractivity contribution in [1.29, 1.82) is 0 Å². The summed E-state index contributed by atoms with van der Waals surface area (Å²) < 4.78 is 38.5. The first-order valence-corrected chi connectivity index (χ1v) is 19.0. The number of hydrogen-bond donors (Lipinski definition) is 1. The second kappa shape index (κ2) is 13.9. The summed E-state index contributed by atoms with van der Waals surface area (Å²) in [5, 5.41) is 0. The molecule has 7 rings (SSSR count). The molecule has 1 heterocycles. The van der Waals surface area contributed by atoms with Crippen molar-refractivity contribution < 1.29 is 41.6 Å². The predicted molar refractivity (Wildman–Crippen MR) is 180 cm³/mol. The minimum absolute atomic E-state index is 0.0957. The lowest BCUT2D eigenvalue weighted by Gasteiger charge is -2.58. The van der Waals surface area contributed by atoms with E-state index >= 15 is 9.18 Å². The Labute approximate surface area is 291 Å². The Balaban J connectivity index is 1.48. The van der Waals surface area contributed by atoms with Gasteiger partial charge in [-0.2, -0.15) is 0 Å². The first kappa shape index (κ1) is 35.6. The van der Waals surface area contributed by atoms with E-state index < -0.39 is 63.9 Å². The summed E-state index contributed by atoms with van der Waals surface area (Å²) in [4.78, 5) is 80.2. The Morgan fingerprint density at radius 2 is 1.58 bits per heavy atom. The quantitative estimate of drug-likeness (QED) is 0.391. The van der Waals surface area contributed by atoms with Gasteiger partial charge in [-0.1, -0.05) is 30.3 Å². The molecule has 5 aliphatic rings. The van der Waals surface area contributed by atoms with Gasteiger partial charge in [0.15, 0.2) is 5.78 Å². The van der Waals surface area contributed by atoms with Crippen LogP contribution in [0.15, 0.2) is 48.5 Å².